The van der Waals surface area contributed by atoms with Crippen molar-refractivity contribution < 1.29 is 14.6 Å². The van der Waals surface area contributed by atoms with Crippen LogP contribution in [-0.2, 0) is 9.47 Å². The highest BCUT2D eigenvalue weighted by atomic mass is 16.7. The first-order chi connectivity index (χ1) is 14.3. The van der Waals surface area contributed by atoms with Crippen molar-refractivity contribution in [3.05, 3.63) is 0 Å². The molecule has 0 aromatic rings. The van der Waals surface area contributed by atoms with Crippen molar-refractivity contribution in [1.82, 2.24) is 0 Å². The Kier molecular flexibility index (Phi) is 4.58. The molecule has 170 valence electrons. The number of aliphatic hydroxyl groups is 1. The number of ether oxygens (including phenoxy) is 2. The van der Waals surface area contributed by atoms with Crippen LogP contribution in [0, 0.1) is 52.3 Å². The summed E-state index contributed by atoms with van der Waals surface area (Å²) in [5.41, 5.74) is 0.916. The minimum atomic E-state index is -0.282. The summed E-state index contributed by atoms with van der Waals surface area (Å²) in [7, 11) is 0. The van der Waals surface area contributed by atoms with E-state index in [2.05, 4.69) is 27.7 Å². The van der Waals surface area contributed by atoms with E-state index < -0.39 is 0 Å². The first kappa shape index (κ1) is 20.5. The SMILES string of the molecule is C[C@@H]1CO[C@]2(C[C@@H]3[C@@H](C[C@H]4[C@@H]5CC[C@H]6C[C@@H](O)CC[C@]6(C)[C@@H]5CC[C@]34C)O2)[C@@H](C)C1. The maximum atomic E-state index is 10.3. The van der Waals surface area contributed by atoms with Crippen molar-refractivity contribution in [3.8, 4) is 0 Å². The smallest absolute Gasteiger partial charge is 0.171 e. The topological polar surface area (TPSA) is 38.7 Å². The zero-order valence-electron chi connectivity index (χ0n) is 19.7. The summed E-state index contributed by atoms with van der Waals surface area (Å²) in [6.07, 6.45) is 12.9. The maximum Gasteiger partial charge on any atom is 0.171 e. The molecular weight excluding hydrogens is 372 g/mol. The van der Waals surface area contributed by atoms with Crippen LogP contribution in [0.4, 0.5) is 0 Å². The number of rotatable bonds is 0. The predicted molar refractivity (Wildman–Crippen MR) is 118 cm³/mol. The van der Waals surface area contributed by atoms with Crippen molar-refractivity contribution in [2.75, 3.05) is 6.61 Å². The summed E-state index contributed by atoms with van der Waals surface area (Å²) in [5.74, 6) is 4.95. The third-order valence-corrected chi connectivity index (χ3v) is 11.8. The number of aliphatic hydroxyl groups excluding tert-OH is 1. The van der Waals surface area contributed by atoms with E-state index >= 15 is 0 Å². The Labute approximate surface area is 183 Å². The fourth-order valence-corrected chi connectivity index (χ4v) is 10.1. The summed E-state index contributed by atoms with van der Waals surface area (Å²) in [6.45, 7) is 10.8. The van der Waals surface area contributed by atoms with Crippen LogP contribution in [-0.4, -0.2) is 29.7 Å². The van der Waals surface area contributed by atoms with Gasteiger partial charge in [0.05, 0.1) is 18.8 Å². The number of hydrogen-bond acceptors (Lipinski definition) is 3. The summed E-state index contributed by atoms with van der Waals surface area (Å²) in [5, 5.41) is 10.3. The van der Waals surface area contributed by atoms with Crippen molar-refractivity contribution in [2.24, 2.45) is 52.3 Å². The van der Waals surface area contributed by atoms with E-state index in [9.17, 15) is 5.11 Å². The Morgan fingerprint density at radius 3 is 2.43 bits per heavy atom. The van der Waals surface area contributed by atoms with E-state index in [0.29, 0.717) is 34.7 Å². The van der Waals surface area contributed by atoms with E-state index in [-0.39, 0.29) is 11.9 Å². The predicted octanol–water partition coefficient (Wildman–Crippen LogP) is 5.79. The molecule has 3 nitrogen and oxygen atoms in total. The summed E-state index contributed by atoms with van der Waals surface area (Å²) in [6, 6.07) is 0. The van der Waals surface area contributed by atoms with Crippen molar-refractivity contribution in [1.29, 1.82) is 0 Å². The van der Waals surface area contributed by atoms with Gasteiger partial charge in [-0.3, -0.25) is 0 Å². The molecule has 1 spiro atoms. The molecule has 0 aromatic carbocycles. The van der Waals surface area contributed by atoms with Gasteiger partial charge in [-0.2, -0.15) is 0 Å². The minimum absolute atomic E-state index is 0.0379. The molecule has 1 N–H and O–H groups in total. The van der Waals surface area contributed by atoms with Crippen molar-refractivity contribution >= 4 is 0 Å². The molecule has 0 bridgehead atoms. The van der Waals surface area contributed by atoms with Gasteiger partial charge in [0, 0.05) is 12.3 Å². The van der Waals surface area contributed by atoms with Gasteiger partial charge in [-0.25, -0.2) is 0 Å². The summed E-state index contributed by atoms with van der Waals surface area (Å²) < 4.78 is 13.4. The van der Waals surface area contributed by atoms with E-state index in [0.717, 1.165) is 49.5 Å². The van der Waals surface area contributed by atoms with Crippen LogP contribution < -0.4 is 0 Å². The molecule has 30 heavy (non-hydrogen) atoms. The fraction of sp³-hybridized carbons (Fsp3) is 1.00. The first-order valence-corrected chi connectivity index (χ1v) is 13.2. The molecule has 4 saturated carbocycles. The first-order valence-electron chi connectivity index (χ1n) is 13.2. The van der Waals surface area contributed by atoms with Gasteiger partial charge in [-0.15, -0.1) is 0 Å². The fourth-order valence-electron chi connectivity index (χ4n) is 10.1. The molecule has 2 aliphatic heterocycles. The lowest BCUT2D eigenvalue weighted by atomic mass is 9.44. The Morgan fingerprint density at radius 2 is 1.63 bits per heavy atom. The molecule has 12 atom stereocenters. The van der Waals surface area contributed by atoms with E-state index in [1.165, 1.54) is 44.9 Å². The Bertz CT molecular complexity index is 694. The van der Waals surface area contributed by atoms with Crippen molar-refractivity contribution in [3.63, 3.8) is 0 Å². The molecule has 0 radical (unpaired) electrons. The van der Waals surface area contributed by atoms with Crippen LogP contribution >= 0.6 is 0 Å². The van der Waals surface area contributed by atoms with Crippen LogP contribution in [0.25, 0.3) is 0 Å². The molecule has 6 rings (SSSR count). The van der Waals surface area contributed by atoms with Gasteiger partial charge in [0.2, 0.25) is 0 Å². The van der Waals surface area contributed by atoms with Crippen molar-refractivity contribution in [2.45, 2.75) is 110 Å². The zero-order chi connectivity index (χ0) is 20.9. The third-order valence-electron chi connectivity index (χ3n) is 11.8. The van der Waals surface area contributed by atoms with Crippen LogP contribution in [0.15, 0.2) is 0 Å². The Hall–Kier alpha value is -0.120. The molecule has 0 aromatic heterocycles. The van der Waals surface area contributed by atoms with Crippen LogP contribution in [0.5, 0.6) is 0 Å². The standard InChI is InChI=1S/C27H44O3/c1-16-11-17(2)27(29-15-16)14-23-24(30-27)13-22-20-6-5-18-12-19(28)7-9-25(18,3)21(20)8-10-26(22,23)4/h16-24,28H,5-15H2,1-4H3/t16-,17-,18-,19-,20+,21+,22-,23+,24+,25-,26-,27-/m0/s1. The molecule has 0 unspecified atom stereocenters. The second-order valence-corrected chi connectivity index (χ2v) is 13.2. The number of hydrogen-bond donors (Lipinski definition) is 1. The monoisotopic (exact) mass is 416 g/mol. The Morgan fingerprint density at radius 1 is 0.833 bits per heavy atom. The molecule has 6 aliphatic rings. The van der Waals surface area contributed by atoms with Crippen LogP contribution in [0.1, 0.15) is 91.9 Å². The maximum absolute atomic E-state index is 10.3. The molecule has 2 heterocycles. The van der Waals surface area contributed by atoms with Crippen LogP contribution in [0.3, 0.4) is 0 Å². The highest BCUT2D eigenvalue weighted by Crippen LogP contribution is 2.70. The van der Waals surface area contributed by atoms with Crippen LogP contribution in [0.2, 0.25) is 0 Å². The van der Waals surface area contributed by atoms with Gasteiger partial charge in [0.15, 0.2) is 5.79 Å². The molecule has 0 amide bonds. The van der Waals surface area contributed by atoms with Gasteiger partial charge in [-0.05, 0) is 104 Å². The lowest BCUT2D eigenvalue weighted by Crippen LogP contribution is -2.54. The quantitative estimate of drug-likeness (QED) is 0.543. The zero-order valence-corrected chi connectivity index (χ0v) is 19.7. The average Bonchev–Trinajstić information content (AvgIpc) is 3.20. The highest BCUT2D eigenvalue weighted by molar-refractivity contribution is 5.14. The lowest BCUT2D eigenvalue weighted by molar-refractivity contribution is -0.282. The Balaban J connectivity index is 1.24. The highest BCUT2D eigenvalue weighted by Gasteiger charge is 2.67. The molecule has 6 fully saturated rings. The lowest BCUT2D eigenvalue weighted by Gasteiger charge is -2.61. The molecule has 4 aliphatic carbocycles. The summed E-state index contributed by atoms with van der Waals surface area (Å²) >= 11 is 0. The normalized spacial score (nSPS) is 62.5. The molecular formula is C27H44O3. The number of fused-ring (bicyclic) bond motifs is 7. The summed E-state index contributed by atoms with van der Waals surface area (Å²) in [4.78, 5) is 0. The minimum Gasteiger partial charge on any atom is -0.393 e. The average molecular weight is 417 g/mol. The van der Waals surface area contributed by atoms with Gasteiger partial charge in [0.1, 0.15) is 0 Å². The second kappa shape index (κ2) is 6.70. The largest absolute Gasteiger partial charge is 0.393 e. The van der Waals surface area contributed by atoms with E-state index in [1.807, 2.05) is 0 Å². The van der Waals surface area contributed by atoms with Gasteiger partial charge < -0.3 is 14.6 Å². The third kappa shape index (κ3) is 2.67. The second-order valence-electron chi connectivity index (χ2n) is 13.2. The van der Waals surface area contributed by atoms with Gasteiger partial charge in [0.25, 0.3) is 0 Å². The molecule has 2 saturated heterocycles. The molecule has 3 heteroatoms. The van der Waals surface area contributed by atoms with E-state index in [1.54, 1.807) is 0 Å². The van der Waals surface area contributed by atoms with Gasteiger partial charge >= 0.3 is 0 Å². The van der Waals surface area contributed by atoms with Gasteiger partial charge in [-0.1, -0.05) is 27.7 Å². The van der Waals surface area contributed by atoms with E-state index in [4.69, 9.17) is 9.47 Å².